The smallest absolute Gasteiger partial charge is 0.410 e. The maximum atomic E-state index is 11.9. The number of aliphatic hydroxyl groups is 6. The van der Waals surface area contributed by atoms with Crippen molar-refractivity contribution >= 4 is 18.3 Å². The molecule has 15 heteroatoms. The van der Waals surface area contributed by atoms with Crippen molar-refractivity contribution in [2.45, 2.75) is 123 Å². The molecule has 2 aliphatic rings. The maximum Gasteiger partial charge on any atom is 0.410 e. The zero-order valence-electron chi connectivity index (χ0n) is 31.1. The Morgan fingerprint density at radius 3 is 1.12 bits per heavy atom. The van der Waals surface area contributed by atoms with Crippen LogP contribution in [0.25, 0.3) is 0 Å². The van der Waals surface area contributed by atoms with Gasteiger partial charge in [-0.05, 0) is 62.3 Å². The second-order valence-corrected chi connectivity index (χ2v) is 14.8. The summed E-state index contributed by atoms with van der Waals surface area (Å²) in [5, 5.41) is 56.9. The monoisotopic (exact) mass is 731 g/mol. The molecule has 0 aliphatic carbocycles. The van der Waals surface area contributed by atoms with Gasteiger partial charge in [-0.25, -0.2) is 14.4 Å². The van der Waals surface area contributed by atoms with Crippen molar-refractivity contribution in [2.75, 3.05) is 39.3 Å². The molecule has 0 saturated heterocycles. The lowest BCUT2D eigenvalue weighted by Crippen LogP contribution is -2.43. The molecule has 0 aromatic carbocycles. The maximum absolute atomic E-state index is 11.9. The van der Waals surface area contributed by atoms with E-state index < -0.39 is 71.7 Å². The summed E-state index contributed by atoms with van der Waals surface area (Å²) in [6.07, 6.45) is 2.16. The van der Waals surface area contributed by atoms with Crippen LogP contribution in [-0.4, -0.2) is 156 Å². The van der Waals surface area contributed by atoms with Crippen LogP contribution in [0.3, 0.4) is 0 Å². The number of rotatable bonds is 6. The van der Waals surface area contributed by atoms with Crippen molar-refractivity contribution in [2.24, 2.45) is 0 Å². The van der Waals surface area contributed by atoms with E-state index in [1.54, 1.807) is 62.3 Å². The number of ether oxygens (including phenoxy) is 3. The van der Waals surface area contributed by atoms with Crippen LogP contribution >= 0.6 is 0 Å². The van der Waals surface area contributed by atoms with E-state index in [0.29, 0.717) is 0 Å². The highest BCUT2D eigenvalue weighted by Crippen LogP contribution is 2.15. The zero-order valence-corrected chi connectivity index (χ0v) is 31.1. The van der Waals surface area contributed by atoms with Crippen LogP contribution in [-0.2, 0) is 14.2 Å². The minimum absolute atomic E-state index is 0. The van der Waals surface area contributed by atoms with E-state index >= 15 is 0 Å². The highest BCUT2D eigenvalue weighted by atomic mass is 16.6. The first kappa shape index (κ1) is 49.6. The van der Waals surface area contributed by atoms with Gasteiger partial charge in [0.1, 0.15) is 16.8 Å². The van der Waals surface area contributed by atoms with E-state index in [9.17, 15) is 45.0 Å². The van der Waals surface area contributed by atoms with Gasteiger partial charge in [0, 0.05) is 0 Å². The summed E-state index contributed by atoms with van der Waals surface area (Å²) in [6, 6.07) is 0. The number of carbonyl (C=O) groups is 3. The van der Waals surface area contributed by atoms with E-state index in [4.69, 9.17) is 14.2 Å². The summed E-state index contributed by atoms with van der Waals surface area (Å²) < 4.78 is 15.5. The number of carbonyl (C=O) groups excluding carboxylic acids is 3. The Hall–Kier alpha value is -3.47. The minimum atomic E-state index is -0.866. The predicted molar refractivity (Wildman–Crippen MR) is 195 cm³/mol. The third-order valence-corrected chi connectivity index (χ3v) is 6.05. The molecule has 0 bridgehead atoms. The molecule has 0 saturated carbocycles. The van der Waals surface area contributed by atoms with Gasteiger partial charge in [-0.2, -0.15) is 0 Å². The van der Waals surface area contributed by atoms with Crippen molar-refractivity contribution in [3.63, 3.8) is 0 Å². The fourth-order valence-corrected chi connectivity index (χ4v) is 3.91. The molecule has 6 N–H and O–H groups in total. The van der Waals surface area contributed by atoms with Crippen molar-refractivity contribution < 1.29 is 59.2 Å². The third-order valence-electron chi connectivity index (χ3n) is 6.05. The third kappa shape index (κ3) is 24.4. The first-order valence-corrected chi connectivity index (χ1v) is 16.4. The average molecular weight is 732 g/mol. The summed E-state index contributed by atoms with van der Waals surface area (Å²) in [6.45, 7) is 23.3. The Balaban J connectivity index is 0. The van der Waals surface area contributed by atoms with E-state index in [-0.39, 0.29) is 46.7 Å². The number of nitrogens with zero attached hydrogens (tertiary/aromatic N) is 3. The minimum Gasteiger partial charge on any atom is -0.444 e. The average Bonchev–Trinajstić information content (AvgIpc) is 3.24. The number of hydrogen-bond acceptors (Lipinski definition) is 12. The second kappa shape index (κ2) is 22.5. The summed E-state index contributed by atoms with van der Waals surface area (Å²) in [7, 11) is 0. The van der Waals surface area contributed by atoms with Gasteiger partial charge in [0.2, 0.25) is 0 Å². The van der Waals surface area contributed by atoms with Gasteiger partial charge >= 0.3 is 18.3 Å². The Morgan fingerprint density at radius 1 is 0.647 bits per heavy atom. The highest BCUT2D eigenvalue weighted by molar-refractivity contribution is 5.69. The van der Waals surface area contributed by atoms with Crippen LogP contribution in [0.15, 0.2) is 49.6 Å². The number of hydrogen-bond donors (Lipinski definition) is 6. The van der Waals surface area contributed by atoms with Crippen LogP contribution < -0.4 is 0 Å². The van der Waals surface area contributed by atoms with E-state index in [0.717, 1.165) is 0 Å². The largest absolute Gasteiger partial charge is 0.444 e. The van der Waals surface area contributed by atoms with Gasteiger partial charge in [-0.3, -0.25) is 0 Å². The fraction of sp³-hybridized carbons (Fsp3) is 0.694. The van der Waals surface area contributed by atoms with Gasteiger partial charge in [-0.1, -0.05) is 43.9 Å². The molecule has 15 nitrogen and oxygen atoms in total. The molecule has 2 rings (SSSR count). The van der Waals surface area contributed by atoms with Crippen LogP contribution in [0.5, 0.6) is 0 Å². The number of β-amino-alcohol motifs (C(OH)–C–C–N with tert-alkyl or cyclic N) is 4. The molecule has 3 amide bonds. The Morgan fingerprint density at radius 2 is 0.902 bits per heavy atom. The zero-order chi connectivity index (χ0) is 39.0. The van der Waals surface area contributed by atoms with Gasteiger partial charge in [-0.15, -0.1) is 13.2 Å². The molecule has 0 spiro atoms. The predicted octanol–water partition coefficient (Wildman–Crippen LogP) is 2.98. The highest BCUT2D eigenvalue weighted by Gasteiger charge is 2.28. The lowest BCUT2D eigenvalue weighted by Gasteiger charge is -2.29. The van der Waals surface area contributed by atoms with Gasteiger partial charge in [0.25, 0.3) is 0 Å². The van der Waals surface area contributed by atoms with Crippen LogP contribution in [0.1, 0.15) is 69.7 Å². The molecular formula is C36H65N3O12. The fourth-order valence-electron chi connectivity index (χ4n) is 3.91. The molecular weight excluding hydrogens is 666 g/mol. The second-order valence-electron chi connectivity index (χ2n) is 14.8. The van der Waals surface area contributed by atoms with Gasteiger partial charge < -0.3 is 59.5 Å². The van der Waals surface area contributed by atoms with Crippen molar-refractivity contribution in [3.8, 4) is 0 Å². The molecule has 296 valence electrons. The lowest BCUT2D eigenvalue weighted by atomic mass is 10.2. The molecule has 51 heavy (non-hydrogen) atoms. The molecule has 2 unspecified atom stereocenters. The molecule has 2 heterocycles. The Kier molecular flexibility index (Phi) is 21.9. The van der Waals surface area contributed by atoms with Crippen molar-refractivity contribution in [3.05, 3.63) is 49.6 Å². The SMILES string of the molecule is C.C=CC(O)CN(CC(O)C=C)C(=O)OC(C)(C)C.CC(C)(C)OC(=O)N1C[C@H](O)C=C[C@@H](O)C1.CC(C)(C)OC(=O)N1C[C@H](O)C=C[C@H](O)C1. The lowest BCUT2D eigenvalue weighted by molar-refractivity contribution is 0.0106. The quantitative estimate of drug-likeness (QED) is 0.172. The first-order valence-electron chi connectivity index (χ1n) is 16.4. The summed E-state index contributed by atoms with van der Waals surface area (Å²) >= 11 is 0. The molecule has 0 aromatic heterocycles. The van der Waals surface area contributed by atoms with Gasteiger partial charge in [0.05, 0.1) is 75.9 Å². The van der Waals surface area contributed by atoms with Crippen LogP contribution in [0, 0.1) is 0 Å². The van der Waals surface area contributed by atoms with Gasteiger partial charge in [0.15, 0.2) is 0 Å². The summed E-state index contributed by atoms with van der Waals surface area (Å²) in [4.78, 5) is 39.1. The Labute approximate surface area is 304 Å². The number of aliphatic hydroxyl groups excluding tert-OH is 6. The normalized spacial score (nSPS) is 21.7. The van der Waals surface area contributed by atoms with Crippen molar-refractivity contribution in [1.29, 1.82) is 0 Å². The number of amides is 3. The topological polar surface area (TPSA) is 210 Å². The molecule has 0 fully saturated rings. The standard InChI is InChI=1S/C13H23NO4.2C11H19NO4.CH4/c1-6-10(15)8-14(9-11(16)7-2)12(17)18-13(3,4)5;2*1-11(2,3)16-10(15)12-6-8(13)4-5-9(14)7-12;/h6-7,10-11,15-16H,1-2,8-9H2,3-5H3;2*4-5,8-9,13-14H,6-7H2,1-3H3;1H4/t;8-,9+;8-,9-;/m..1./s1. The van der Waals surface area contributed by atoms with E-state index in [1.165, 1.54) is 51.2 Å². The van der Waals surface area contributed by atoms with E-state index in [2.05, 4.69) is 13.2 Å². The molecule has 6 atom stereocenters. The Bertz CT molecular complexity index is 1040. The van der Waals surface area contributed by atoms with Crippen LogP contribution in [0.2, 0.25) is 0 Å². The van der Waals surface area contributed by atoms with E-state index in [1.807, 2.05) is 0 Å². The molecule has 0 aromatic rings. The summed E-state index contributed by atoms with van der Waals surface area (Å²) in [5.74, 6) is 0. The van der Waals surface area contributed by atoms with Crippen LogP contribution in [0.4, 0.5) is 14.4 Å². The summed E-state index contributed by atoms with van der Waals surface area (Å²) in [5.41, 5.74) is -1.78. The molecule has 2 aliphatic heterocycles. The molecule has 0 radical (unpaired) electrons. The first-order chi connectivity index (χ1) is 22.7. The van der Waals surface area contributed by atoms with Crippen molar-refractivity contribution in [1.82, 2.24) is 14.7 Å².